The number of carbonyl (C=O) groups excluding carboxylic acids is 1. The van der Waals surface area contributed by atoms with Gasteiger partial charge in [0.05, 0.1) is 0 Å². The van der Waals surface area contributed by atoms with Gasteiger partial charge in [-0.1, -0.05) is 42.3 Å². The summed E-state index contributed by atoms with van der Waals surface area (Å²) in [5.41, 5.74) is 0.725. The van der Waals surface area contributed by atoms with Crippen LogP contribution in [0.5, 0.6) is 0 Å². The molecule has 2 aromatic carbocycles. The van der Waals surface area contributed by atoms with Gasteiger partial charge in [0, 0.05) is 6.92 Å². The number of ether oxygens (including phenoxy) is 1. The van der Waals surface area contributed by atoms with Crippen LogP contribution in [0.25, 0.3) is 10.8 Å². The standard InChI is InChI=1S/C18H14O3/c1-14(19)21-12-6-2-3-9-18(20)17-11-10-15-7-4-5-8-16(15)13-17/h4-5,7-8,10-11,13,18,20H,12H2,1H3/t18-/m1/s1. The second-order valence-electron chi connectivity index (χ2n) is 4.36. The molecule has 0 amide bonds. The van der Waals surface area contributed by atoms with Crippen LogP contribution >= 0.6 is 0 Å². The number of carbonyl (C=O) groups is 1. The minimum atomic E-state index is -0.891. The molecule has 0 saturated carbocycles. The molecule has 2 rings (SSSR count). The van der Waals surface area contributed by atoms with Gasteiger partial charge in [-0.3, -0.25) is 4.79 Å². The third-order valence-corrected chi connectivity index (χ3v) is 2.80. The first-order valence-electron chi connectivity index (χ1n) is 6.45. The van der Waals surface area contributed by atoms with E-state index in [1.807, 2.05) is 42.5 Å². The normalized spacial score (nSPS) is 10.8. The quantitative estimate of drug-likeness (QED) is 0.678. The van der Waals surface area contributed by atoms with Crippen molar-refractivity contribution in [1.29, 1.82) is 0 Å². The van der Waals surface area contributed by atoms with Crippen LogP contribution in [0.2, 0.25) is 0 Å². The van der Waals surface area contributed by atoms with Crippen molar-refractivity contribution in [2.45, 2.75) is 13.0 Å². The topological polar surface area (TPSA) is 46.5 Å². The second kappa shape index (κ2) is 7.14. The molecule has 0 saturated heterocycles. The van der Waals surface area contributed by atoms with E-state index in [1.54, 1.807) is 0 Å². The number of hydrogen-bond acceptors (Lipinski definition) is 3. The van der Waals surface area contributed by atoms with E-state index in [9.17, 15) is 9.90 Å². The molecule has 0 aliphatic carbocycles. The molecule has 0 radical (unpaired) electrons. The van der Waals surface area contributed by atoms with Crippen LogP contribution in [0, 0.1) is 23.7 Å². The summed E-state index contributed by atoms with van der Waals surface area (Å²) in [6.45, 7) is 1.33. The van der Waals surface area contributed by atoms with E-state index >= 15 is 0 Å². The number of esters is 1. The lowest BCUT2D eigenvalue weighted by Crippen LogP contribution is -1.97. The van der Waals surface area contributed by atoms with Crippen molar-refractivity contribution in [1.82, 2.24) is 0 Å². The van der Waals surface area contributed by atoms with E-state index in [1.165, 1.54) is 6.92 Å². The summed E-state index contributed by atoms with van der Waals surface area (Å²) in [5, 5.41) is 12.2. The Labute approximate surface area is 123 Å². The minimum absolute atomic E-state index is 0.0100. The van der Waals surface area contributed by atoms with Crippen molar-refractivity contribution < 1.29 is 14.6 Å². The summed E-state index contributed by atoms with van der Waals surface area (Å²) in [7, 11) is 0. The molecule has 3 nitrogen and oxygen atoms in total. The van der Waals surface area contributed by atoms with E-state index in [4.69, 9.17) is 0 Å². The minimum Gasteiger partial charge on any atom is -0.453 e. The first-order valence-corrected chi connectivity index (χ1v) is 6.45. The maximum absolute atomic E-state index is 10.5. The molecule has 0 aliphatic rings. The second-order valence-corrected chi connectivity index (χ2v) is 4.36. The van der Waals surface area contributed by atoms with Gasteiger partial charge in [-0.25, -0.2) is 0 Å². The maximum atomic E-state index is 10.5. The molecular formula is C18H14O3. The highest BCUT2D eigenvalue weighted by Crippen LogP contribution is 2.19. The highest BCUT2D eigenvalue weighted by molar-refractivity contribution is 5.83. The molecule has 0 unspecified atom stereocenters. The molecule has 1 N–H and O–H groups in total. The average Bonchev–Trinajstić information content (AvgIpc) is 2.49. The zero-order chi connectivity index (χ0) is 15.1. The first-order chi connectivity index (χ1) is 10.2. The van der Waals surface area contributed by atoms with Crippen LogP contribution in [0.3, 0.4) is 0 Å². The number of aliphatic hydroxyl groups is 1. The van der Waals surface area contributed by atoms with Crippen molar-refractivity contribution in [2.75, 3.05) is 6.61 Å². The lowest BCUT2D eigenvalue weighted by Gasteiger charge is -2.05. The van der Waals surface area contributed by atoms with Crippen molar-refractivity contribution in [3.05, 3.63) is 48.0 Å². The van der Waals surface area contributed by atoms with Crippen molar-refractivity contribution in [3.8, 4) is 23.7 Å². The monoisotopic (exact) mass is 278 g/mol. The Morgan fingerprint density at radius 1 is 1.19 bits per heavy atom. The zero-order valence-electron chi connectivity index (χ0n) is 11.6. The predicted molar refractivity (Wildman–Crippen MR) is 81.1 cm³/mol. The first kappa shape index (κ1) is 14.7. The van der Waals surface area contributed by atoms with E-state index in [-0.39, 0.29) is 12.6 Å². The van der Waals surface area contributed by atoms with Gasteiger partial charge < -0.3 is 9.84 Å². The molecule has 2 aromatic rings. The van der Waals surface area contributed by atoms with Gasteiger partial charge >= 0.3 is 5.97 Å². The Kier molecular flexibility index (Phi) is 4.99. The number of hydrogen-bond donors (Lipinski definition) is 1. The fourth-order valence-electron chi connectivity index (χ4n) is 1.78. The molecule has 0 aromatic heterocycles. The Morgan fingerprint density at radius 2 is 1.95 bits per heavy atom. The Hall–Kier alpha value is -2.75. The highest BCUT2D eigenvalue weighted by Gasteiger charge is 2.03. The molecule has 1 atom stereocenters. The summed E-state index contributed by atoms with van der Waals surface area (Å²) in [4.78, 5) is 10.5. The summed E-state index contributed by atoms with van der Waals surface area (Å²) >= 11 is 0. The summed E-state index contributed by atoms with van der Waals surface area (Å²) in [6, 6.07) is 13.6. The van der Waals surface area contributed by atoms with Crippen LogP contribution in [-0.4, -0.2) is 17.7 Å². The molecule has 104 valence electrons. The molecule has 0 heterocycles. The Bertz CT molecular complexity index is 769. The van der Waals surface area contributed by atoms with Crippen molar-refractivity contribution >= 4 is 16.7 Å². The van der Waals surface area contributed by atoms with Gasteiger partial charge in [-0.05, 0) is 40.2 Å². The van der Waals surface area contributed by atoms with Crippen LogP contribution in [0.4, 0.5) is 0 Å². The van der Waals surface area contributed by atoms with Gasteiger partial charge in [0.2, 0.25) is 0 Å². The Balaban J connectivity index is 2.05. The number of aliphatic hydroxyl groups excluding tert-OH is 1. The van der Waals surface area contributed by atoms with Gasteiger partial charge in [-0.2, -0.15) is 0 Å². The predicted octanol–water partition coefficient (Wildman–Crippen LogP) is 2.44. The van der Waals surface area contributed by atoms with Crippen LogP contribution in [0.15, 0.2) is 42.5 Å². The van der Waals surface area contributed by atoms with E-state index in [0.29, 0.717) is 0 Å². The van der Waals surface area contributed by atoms with Gasteiger partial charge in [0.1, 0.15) is 6.10 Å². The summed E-state index contributed by atoms with van der Waals surface area (Å²) < 4.78 is 4.64. The van der Waals surface area contributed by atoms with Crippen molar-refractivity contribution in [3.63, 3.8) is 0 Å². The van der Waals surface area contributed by atoms with Gasteiger partial charge in [0.25, 0.3) is 0 Å². The fraction of sp³-hybridized carbons (Fsp3) is 0.167. The van der Waals surface area contributed by atoms with E-state index in [2.05, 4.69) is 28.4 Å². The van der Waals surface area contributed by atoms with E-state index < -0.39 is 6.10 Å². The molecule has 0 fully saturated rings. The van der Waals surface area contributed by atoms with Crippen molar-refractivity contribution in [2.24, 2.45) is 0 Å². The molecule has 3 heteroatoms. The van der Waals surface area contributed by atoms with Crippen LogP contribution < -0.4 is 0 Å². The highest BCUT2D eigenvalue weighted by atomic mass is 16.5. The molecule has 0 aliphatic heterocycles. The van der Waals surface area contributed by atoms with Crippen LogP contribution in [-0.2, 0) is 9.53 Å². The third-order valence-electron chi connectivity index (χ3n) is 2.80. The third kappa shape index (κ3) is 4.38. The lowest BCUT2D eigenvalue weighted by atomic mass is 10.0. The summed E-state index contributed by atoms with van der Waals surface area (Å²) in [5.74, 6) is 9.92. The number of rotatable bonds is 2. The lowest BCUT2D eigenvalue weighted by molar-refractivity contribution is -0.139. The van der Waals surface area contributed by atoms with Gasteiger partial charge in [0.15, 0.2) is 6.61 Å². The molecular weight excluding hydrogens is 264 g/mol. The number of benzene rings is 2. The van der Waals surface area contributed by atoms with Crippen LogP contribution in [0.1, 0.15) is 18.6 Å². The SMILES string of the molecule is CC(=O)OCC#CC#C[C@@H](O)c1ccc2ccccc2c1. The smallest absolute Gasteiger partial charge is 0.303 e. The van der Waals surface area contributed by atoms with E-state index in [0.717, 1.165) is 16.3 Å². The molecule has 21 heavy (non-hydrogen) atoms. The fourth-order valence-corrected chi connectivity index (χ4v) is 1.78. The largest absolute Gasteiger partial charge is 0.453 e. The average molecular weight is 278 g/mol. The van der Waals surface area contributed by atoms with Gasteiger partial charge in [-0.15, -0.1) is 0 Å². The maximum Gasteiger partial charge on any atom is 0.303 e. The zero-order valence-corrected chi connectivity index (χ0v) is 11.6. The molecule has 0 spiro atoms. The number of fused-ring (bicyclic) bond motifs is 1. The summed E-state index contributed by atoms with van der Waals surface area (Å²) in [6.07, 6.45) is -0.891. The molecule has 0 bridgehead atoms. The Morgan fingerprint density at radius 3 is 2.71 bits per heavy atom.